The summed E-state index contributed by atoms with van der Waals surface area (Å²) >= 11 is 0. The zero-order valence-electron chi connectivity index (χ0n) is 10.4. The van der Waals surface area contributed by atoms with Crippen LogP contribution in [-0.2, 0) is 5.41 Å². The van der Waals surface area contributed by atoms with E-state index in [0.717, 1.165) is 5.56 Å². The van der Waals surface area contributed by atoms with Gasteiger partial charge in [0.2, 0.25) is 0 Å². The summed E-state index contributed by atoms with van der Waals surface area (Å²) in [5, 5.41) is 8.98. The number of nitrogens with zero attached hydrogens (tertiary/aromatic N) is 1. The summed E-state index contributed by atoms with van der Waals surface area (Å²) < 4.78 is 10.6. The Kier molecular flexibility index (Phi) is 3.44. The van der Waals surface area contributed by atoms with Crippen LogP contribution in [0.3, 0.4) is 0 Å². The van der Waals surface area contributed by atoms with Gasteiger partial charge in [-0.05, 0) is 11.5 Å². The fourth-order valence-corrected chi connectivity index (χ4v) is 1.65. The normalized spacial score (nSPS) is 10.8. The van der Waals surface area contributed by atoms with Crippen molar-refractivity contribution >= 4 is 0 Å². The smallest absolute Gasteiger partial charge is 0.178 e. The van der Waals surface area contributed by atoms with Gasteiger partial charge in [-0.2, -0.15) is 5.26 Å². The van der Waals surface area contributed by atoms with Crippen LogP contribution < -0.4 is 9.47 Å². The highest BCUT2D eigenvalue weighted by Crippen LogP contribution is 2.40. The molecule has 0 atom stereocenters. The molecule has 16 heavy (non-hydrogen) atoms. The van der Waals surface area contributed by atoms with Crippen molar-refractivity contribution < 1.29 is 9.47 Å². The van der Waals surface area contributed by atoms with Crippen molar-refractivity contribution in [1.82, 2.24) is 0 Å². The Morgan fingerprint density at radius 1 is 1.06 bits per heavy atom. The van der Waals surface area contributed by atoms with Gasteiger partial charge in [-0.1, -0.05) is 26.8 Å². The van der Waals surface area contributed by atoms with E-state index in [0.29, 0.717) is 17.1 Å². The minimum absolute atomic E-state index is 0.0490. The zero-order chi connectivity index (χ0) is 12.3. The molecular formula is C13H17NO2. The third-order valence-corrected chi connectivity index (χ3v) is 2.45. The molecular weight excluding hydrogens is 202 g/mol. The predicted octanol–water partition coefficient (Wildman–Crippen LogP) is 2.87. The minimum Gasteiger partial charge on any atom is -0.493 e. The molecule has 0 bridgehead atoms. The van der Waals surface area contributed by atoms with Crippen LogP contribution in [0.5, 0.6) is 11.5 Å². The topological polar surface area (TPSA) is 42.2 Å². The summed E-state index contributed by atoms with van der Waals surface area (Å²) in [6.45, 7) is 6.28. The lowest BCUT2D eigenvalue weighted by Gasteiger charge is -2.23. The Balaban J connectivity index is 3.51. The molecule has 0 unspecified atom stereocenters. The second-order valence-electron chi connectivity index (χ2n) is 4.59. The number of hydrogen-bond acceptors (Lipinski definition) is 3. The fourth-order valence-electron chi connectivity index (χ4n) is 1.65. The molecule has 0 fully saturated rings. The lowest BCUT2D eigenvalue weighted by atomic mass is 9.85. The van der Waals surface area contributed by atoms with Crippen molar-refractivity contribution in [1.29, 1.82) is 5.26 Å². The Labute approximate surface area is 96.6 Å². The maximum absolute atomic E-state index is 8.98. The van der Waals surface area contributed by atoms with E-state index < -0.39 is 0 Å². The van der Waals surface area contributed by atoms with Crippen LogP contribution in [0.4, 0.5) is 0 Å². The van der Waals surface area contributed by atoms with Crippen molar-refractivity contribution in [2.45, 2.75) is 26.2 Å². The predicted molar refractivity (Wildman–Crippen MR) is 63.0 cm³/mol. The van der Waals surface area contributed by atoms with Crippen molar-refractivity contribution in [2.75, 3.05) is 14.2 Å². The lowest BCUT2D eigenvalue weighted by molar-refractivity contribution is 0.344. The first kappa shape index (κ1) is 12.4. The van der Waals surface area contributed by atoms with Crippen molar-refractivity contribution in [3.63, 3.8) is 0 Å². The van der Waals surface area contributed by atoms with E-state index in [4.69, 9.17) is 14.7 Å². The molecule has 3 nitrogen and oxygen atoms in total. The number of benzene rings is 1. The molecule has 1 aromatic carbocycles. The largest absolute Gasteiger partial charge is 0.493 e. The third kappa shape index (κ3) is 2.11. The van der Waals surface area contributed by atoms with Crippen molar-refractivity contribution in [2.24, 2.45) is 0 Å². The van der Waals surface area contributed by atoms with Crippen LogP contribution in [0.2, 0.25) is 0 Å². The van der Waals surface area contributed by atoms with Gasteiger partial charge in [0.15, 0.2) is 11.5 Å². The molecule has 0 N–H and O–H groups in total. The average molecular weight is 219 g/mol. The van der Waals surface area contributed by atoms with E-state index in [2.05, 4.69) is 26.8 Å². The van der Waals surface area contributed by atoms with Gasteiger partial charge in [0.05, 0.1) is 19.8 Å². The van der Waals surface area contributed by atoms with Crippen LogP contribution >= 0.6 is 0 Å². The van der Waals surface area contributed by atoms with Gasteiger partial charge in [0, 0.05) is 5.56 Å². The number of hydrogen-bond donors (Lipinski definition) is 0. The summed E-state index contributed by atoms with van der Waals surface area (Å²) in [4.78, 5) is 0. The molecule has 0 saturated carbocycles. The fraction of sp³-hybridized carbons (Fsp3) is 0.462. The quantitative estimate of drug-likeness (QED) is 0.768. The summed E-state index contributed by atoms with van der Waals surface area (Å²) in [7, 11) is 3.14. The molecule has 0 aliphatic carbocycles. The van der Waals surface area contributed by atoms with Gasteiger partial charge in [-0.3, -0.25) is 0 Å². The zero-order valence-corrected chi connectivity index (χ0v) is 10.4. The Bertz CT molecular complexity index is 425. The van der Waals surface area contributed by atoms with Gasteiger partial charge in [0.1, 0.15) is 6.07 Å². The van der Waals surface area contributed by atoms with Crippen LogP contribution in [0.15, 0.2) is 12.1 Å². The molecule has 3 heteroatoms. The SMILES string of the molecule is COc1c(C#N)ccc(C(C)(C)C)c1OC. The molecule has 86 valence electrons. The summed E-state index contributed by atoms with van der Waals surface area (Å²) in [5.41, 5.74) is 1.48. The molecule has 1 aromatic rings. The number of methoxy groups -OCH3 is 2. The van der Waals surface area contributed by atoms with Crippen LogP contribution in [-0.4, -0.2) is 14.2 Å². The Morgan fingerprint density at radius 2 is 1.62 bits per heavy atom. The number of rotatable bonds is 2. The highest BCUT2D eigenvalue weighted by atomic mass is 16.5. The second kappa shape index (κ2) is 4.44. The summed E-state index contributed by atoms with van der Waals surface area (Å²) in [6.07, 6.45) is 0. The molecule has 0 heterocycles. The molecule has 0 aliphatic rings. The first-order valence-electron chi connectivity index (χ1n) is 5.11. The first-order chi connectivity index (χ1) is 7.45. The van der Waals surface area contributed by atoms with E-state index in [9.17, 15) is 0 Å². The Hall–Kier alpha value is -1.69. The molecule has 0 radical (unpaired) electrons. The van der Waals surface area contributed by atoms with E-state index >= 15 is 0 Å². The summed E-state index contributed by atoms with van der Waals surface area (Å²) in [6, 6.07) is 5.78. The summed E-state index contributed by atoms with van der Waals surface area (Å²) in [5.74, 6) is 1.16. The molecule has 0 aromatic heterocycles. The third-order valence-electron chi connectivity index (χ3n) is 2.45. The van der Waals surface area contributed by atoms with E-state index in [1.807, 2.05) is 6.07 Å². The Morgan fingerprint density at radius 3 is 2.00 bits per heavy atom. The van der Waals surface area contributed by atoms with Crippen molar-refractivity contribution in [3.8, 4) is 17.6 Å². The molecule has 0 aliphatic heterocycles. The second-order valence-corrected chi connectivity index (χ2v) is 4.59. The van der Waals surface area contributed by atoms with E-state index in [1.165, 1.54) is 0 Å². The van der Waals surface area contributed by atoms with E-state index in [1.54, 1.807) is 20.3 Å². The van der Waals surface area contributed by atoms with Gasteiger partial charge < -0.3 is 9.47 Å². The minimum atomic E-state index is -0.0490. The molecule has 1 rings (SSSR count). The average Bonchev–Trinajstić information content (AvgIpc) is 2.25. The van der Waals surface area contributed by atoms with Crippen LogP contribution in [0.1, 0.15) is 31.9 Å². The van der Waals surface area contributed by atoms with Gasteiger partial charge in [-0.25, -0.2) is 0 Å². The molecule has 0 amide bonds. The van der Waals surface area contributed by atoms with Gasteiger partial charge in [0.25, 0.3) is 0 Å². The van der Waals surface area contributed by atoms with Gasteiger partial charge >= 0.3 is 0 Å². The highest BCUT2D eigenvalue weighted by molar-refractivity contribution is 5.58. The number of ether oxygens (including phenoxy) is 2. The monoisotopic (exact) mass is 219 g/mol. The molecule has 0 saturated heterocycles. The van der Waals surface area contributed by atoms with Gasteiger partial charge in [-0.15, -0.1) is 0 Å². The van der Waals surface area contributed by atoms with Crippen LogP contribution in [0.25, 0.3) is 0 Å². The maximum atomic E-state index is 8.98. The highest BCUT2D eigenvalue weighted by Gasteiger charge is 2.23. The lowest BCUT2D eigenvalue weighted by Crippen LogP contribution is -2.13. The van der Waals surface area contributed by atoms with Crippen LogP contribution in [0, 0.1) is 11.3 Å². The van der Waals surface area contributed by atoms with Crippen molar-refractivity contribution in [3.05, 3.63) is 23.3 Å². The molecule has 0 spiro atoms. The standard InChI is InChI=1S/C13H17NO2/c1-13(2,3)10-7-6-9(8-14)11(15-4)12(10)16-5/h6-7H,1-5H3. The maximum Gasteiger partial charge on any atom is 0.178 e. The number of nitriles is 1. The first-order valence-corrected chi connectivity index (χ1v) is 5.11. The van der Waals surface area contributed by atoms with E-state index in [-0.39, 0.29) is 5.41 Å².